The van der Waals surface area contributed by atoms with Gasteiger partial charge in [-0.25, -0.2) is 4.98 Å². The highest BCUT2D eigenvalue weighted by Crippen LogP contribution is 2.19. The number of anilines is 2. The number of pyridine rings is 1. The second kappa shape index (κ2) is 12.9. The lowest BCUT2D eigenvalue weighted by molar-refractivity contribution is -0.116. The number of halogens is 1. The molecule has 2 N–H and O–H groups in total. The summed E-state index contributed by atoms with van der Waals surface area (Å²) in [5, 5.41) is 15.9. The van der Waals surface area contributed by atoms with Crippen molar-refractivity contribution in [3.8, 4) is 0 Å². The number of aryl methyl sites for hydroxylation is 2. The Balaban J connectivity index is 1.15. The van der Waals surface area contributed by atoms with E-state index < -0.39 is 0 Å². The van der Waals surface area contributed by atoms with Crippen LogP contribution >= 0.6 is 22.9 Å². The van der Waals surface area contributed by atoms with Crippen LogP contribution in [0, 0.1) is 0 Å². The Bertz CT molecular complexity index is 1300. The van der Waals surface area contributed by atoms with Gasteiger partial charge in [0.1, 0.15) is 10.8 Å². The molecule has 0 bridgehead atoms. The summed E-state index contributed by atoms with van der Waals surface area (Å²) in [5.41, 5.74) is 2.84. The third kappa shape index (κ3) is 7.96. The van der Waals surface area contributed by atoms with Gasteiger partial charge in [0.15, 0.2) is 0 Å². The van der Waals surface area contributed by atoms with Crippen LogP contribution in [0.4, 0.5) is 10.9 Å². The number of carbonyl (C=O) groups excluding carboxylic acids is 2. The second-order valence-corrected chi connectivity index (χ2v) is 9.76. The van der Waals surface area contributed by atoms with Crippen LogP contribution in [0.1, 0.15) is 34.5 Å². The molecule has 2 aromatic carbocycles. The van der Waals surface area contributed by atoms with E-state index in [-0.39, 0.29) is 18.2 Å². The van der Waals surface area contributed by atoms with E-state index in [9.17, 15) is 9.59 Å². The van der Waals surface area contributed by atoms with E-state index in [1.807, 2.05) is 60.7 Å². The van der Waals surface area contributed by atoms with Crippen LogP contribution in [0.2, 0.25) is 5.02 Å². The lowest BCUT2D eigenvalue weighted by Gasteiger charge is -2.07. The summed E-state index contributed by atoms with van der Waals surface area (Å²) in [5.74, 6) is 0.266. The lowest BCUT2D eigenvalue weighted by atomic mass is 10.1. The third-order valence-electron chi connectivity index (χ3n) is 5.43. The highest BCUT2D eigenvalue weighted by atomic mass is 35.5. The Morgan fingerprint density at radius 3 is 2.31 bits per heavy atom. The Hall–Kier alpha value is -3.62. The maximum absolute atomic E-state index is 12.3. The standard InChI is InChI=1S/C27H26ClN5O2S/c28-22-12-6-5-11-21(22)17-25(35)30-23-15-14-20(18-29-23)10-4-7-13-26-32-33-27(36-26)31-24(34)16-19-8-2-1-3-9-19/h1-3,5-6,8-9,11-12,14-15,18H,4,7,10,13,16-17H2,(H,29,30,35)(H,31,33,34). The van der Waals surface area contributed by atoms with E-state index in [0.717, 1.165) is 47.4 Å². The number of benzene rings is 2. The second-order valence-electron chi connectivity index (χ2n) is 8.29. The third-order valence-corrected chi connectivity index (χ3v) is 6.70. The molecule has 36 heavy (non-hydrogen) atoms. The van der Waals surface area contributed by atoms with E-state index in [4.69, 9.17) is 11.6 Å². The van der Waals surface area contributed by atoms with Crippen molar-refractivity contribution in [3.05, 3.63) is 99.6 Å². The van der Waals surface area contributed by atoms with Crippen molar-refractivity contribution >= 4 is 45.7 Å². The van der Waals surface area contributed by atoms with Gasteiger partial charge in [0.25, 0.3) is 0 Å². The van der Waals surface area contributed by atoms with Gasteiger partial charge in [-0.15, -0.1) is 10.2 Å². The molecule has 0 saturated carbocycles. The first-order valence-corrected chi connectivity index (χ1v) is 12.9. The minimum absolute atomic E-state index is 0.0973. The molecule has 0 aliphatic carbocycles. The highest BCUT2D eigenvalue weighted by Gasteiger charge is 2.10. The van der Waals surface area contributed by atoms with E-state index >= 15 is 0 Å². The first-order valence-electron chi connectivity index (χ1n) is 11.7. The summed E-state index contributed by atoms with van der Waals surface area (Å²) in [4.78, 5) is 28.8. The van der Waals surface area contributed by atoms with Gasteiger partial charge < -0.3 is 10.6 Å². The zero-order valence-corrected chi connectivity index (χ0v) is 21.2. The van der Waals surface area contributed by atoms with Crippen molar-refractivity contribution in [2.24, 2.45) is 0 Å². The molecule has 9 heteroatoms. The van der Waals surface area contributed by atoms with Gasteiger partial charge in [0, 0.05) is 17.6 Å². The van der Waals surface area contributed by atoms with E-state index in [1.165, 1.54) is 11.3 Å². The monoisotopic (exact) mass is 519 g/mol. The molecule has 184 valence electrons. The van der Waals surface area contributed by atoms with Gasteiger partial charge in [0.05, 0.1) is 12.8 Å². The van der Waals surface area contributed by atoms with Crippen molar-refractivity contribution in [2.45, 2.75) is 38.5 Å². The first-order chi connectivity index (χ1) is 17.5. The molecule has 7 nitrogen and oxygen atoms in total. The number of hydrogen-bond donors (Lipinski definition) is 2. The molecule has 4 rings (SSSR count). The smallest absolute Gasteiger partial charge is 0.230 e. The van der Waals surface area contributed by atoms with Crippen LogP contribution in [-0.2, 0) is 35.3 Å². The van der Waals surface area contributed by atoms with Crippen molar-refractivity contribution < 1.29 is 9.59 Å². The maximum Gasteiger partial charge on any atom is 0.230 e. The molecule has 0 aliphatic rings. The van der Waals surface area contributed by atoms with E-state index in [0.29, 0.717) is 22.4 Å². The Labute approximate surface area is 219 Å². The summed E-state index contributed by atoms with van der Waals surface area (Å²) >= 11 is 7.53. The Kier molecular flexibility index (Phi) is 9.13. The molecular formula is C27H26ClN5O2S. The molecule has 0 fully saturated rings. The topological polar surface area (TPSA) is 96.9 Å². The SMILES string of the molecule is O=C(Cc1ccccc1Cl)Nc1ccc(CCCCc2nnc(NC(=O)Cc3ccccc3)s2)cn1. The molecule has 0 saturated heterocycles. The molecular weight excluding hydrogens is 494 g/mol. The van der Waals surface area contributed by atoms with Gasteiger partial charge in [0.2, 0.25) is 16.9 Å². The van der Waals surface area contributed by atoms with Gasteiger partial charge in [-0.1, -0.05) is 77.5 Å². The molecule has 0 aliphatic heterocycles. The van der Waals surface area contributed by atoms with Crippen molar-refractivity contribution in [1.82, 2.24) is 15.2 Å². The van der Waals surface area contributed by atoms with Crippen LogP contribution in [0.25, 0.3) is 0 Å². The summed E-state index contributed by atoms with van der Waals surface area (Å²) in [6, 6.07) is 20.7. The number of hydrogen-bond acceptors (Lipinski definition) is 6. The van der Waals surface area contributed by atoms with Gasteiger partial charge >= 0.3 is 0 Å². The summed E-state index contributed by atoms with van der Waals surface area (Å²) < 4.78 is 0. The molecule has 2 amide bonds. The normalized spacial score (nSPS) is 10.7. The Morgan fingerprint density at radius 1 is 0.778 bits per heavy atom. The van der Waals surface area contributed by atoms with Crippen molar-refractivity contribution in [3.63, 3.8) is 0 Å². The molecule has 0 unspecified atom stereocenters. The van der Waals surface area contributed by atoms with Crippen LogP contribution in [0.3, 0.4) is 0 Å². The first kappa shape index (κ1) is 25.5. The zero-order chi connectivity index (χ0) is 25.2. The number of amides is 2. The molecule has 0 spiro atoms. The average Bonchev–Trinajstić information content (AvgIpc) is 3.31. The minimum atomic E-state index is -0.156. The summed E-state index contributed by atoms with van der Waals surface area (Å²) in [6.45, 7) is 0. The average molecular weight is 520 g/mol. The predicted octanol–water partition coefficient (Wildman–Crippen LogP) is 5.51. The minimum Gasteiger partial charge on any atom is -0.310 e. The van der Waals surface area contributed by atoms with Gasteiger partial charge in [-0.2, -0.15) is 0 Å². The number of nitrogens with one attached hydrogen (secondary N) is 2. The molecule has 2 aromatic heterocycles. The van der Waals surface area contributed by atoms with E-state index in [1.54, 1.807) is 12.3 Å². The number of rotatable bonds is 11. The van der Waals surface area contributed by atoms with Crippen LogP contribution in [0.15, 0.2) is 72.9 Å². The summed E-state index contributed by atoms with van der Waals surface area (Å²) in [6.07, 6.45) is 5.89. The Morgan fingerprint density at radius 2 is 1.53 bits per heavy atom. The lowest BCUT2D eigenvalue weighted by Crippen LogP contribution is -2.15. The van der Waals surface area contributed by atoms with Crippen LogP contribution in [-0.4, -0.2) is 27.0 Å². The van der Waals surface area contributed by atoms with Crippen molar-refractivity contribution in [1.29, 1.82) is 0 Å². The molecule has 0 atom stereocenters. The van der Waals surface area contributed by atoms with Gasteiger partial charge in [-0.3, -0.25) is 9.59 Å². The van der Waals surface area contributed by atoms with E-state index in [2.05, 4.69) is 25.8 Å². The number of aromatic nitrogens is 3. The fourth-order valence-electron chi connectivity index (χ4n) is 3.60. The summed E-state index contributed by atoms with van der Waals surface area (Å²) in [7, 11) is 0. The molecule has 4 aromatic rings. The predicted molar refractivity (Wildman–Crippen MR) is 143 cm³/mol. The largest absolute Gasteiger partial charge is 0.310 e. The molecule has 2 heterocycles. The molecule has 0 radical (unpaired) electrons. The van der Waals surface area contributed by atoms with Crippen LogP contribution in [0.5, 0.6) is 0 Å². The zero-order valence-electron chi connectivity index (χ0n) is 19.6. The number of carbonyl (C=O) groups is 2. The fourth-order valence-corrected chi connectivity index (χ4v) is 4.60. The van der Waals surface area contributed by atoms with Gasteiger partial charge in [-0.05, 0) is 48.1 Å². The highest BCUT2D eigenvalue weighted by molar-refractivity contribution is 7.15. The maximum atomic E-state index is 12.3. The fraction of sp³-hybridized carbons (Fsp3) is 0.222. The number of nitrogens with zero attached hydrogens (tertiary/aromatic N) is 3. The van der Waals surface area contributed by atoms with Crippen LogP contribution < -0.4 is 10.6 Å². The number of unbranched alkanes of at least 4 members (excludes halogenated alkanes) is 1. The van der Waals surface area contributed by atoms with Crippen molar-refractivity contribution in [2.75, 3.05) is 10.6 Å². The quantitative estimate of drug-likeness (QED) is 0.254.